The second-order valence-corrected chi connectivity index (χ2v) is 4.75. The summed E-state index contributed by atoms with van der Waals surface area (Å²) >= 11 is 0. The van der Waals surface area contributed by atoms with Gasteiger partial charge in [-0.2, -0.15) is 0 Å². The second-order valence-electron chi connectivity index (χ2n) is 4.75. The van der Waals surface area contributed by atoms with E-state index >= 15 is 0 Å². The molecule has 1 rings (SSSR count). The minimum absolute atomic E-state index is 0.299. The number of nitrogens with one attached hydrogen (secondary N) is 1. The van der Waals surface area contributed by atoms with Crippen molar-refractivity contribution >= 4 is 23.5 Å². The van der Waals surface area contributed by atoms with Gasteiger partial charge in [-0.3, -0.25) is 19.3 Å². The zero-order valence-corrected chi connectivity index (χ0v) is 11.9. The van der Waals surface area contributed by atoms with Crippen LogP contribution in [0.15, 0.2) is 18.2 Å². The van der Waals surface area contributed by atoms with Gasteiger partial charge in [-0.1, -0.05) is 18.2 Å². The quantitative estimate of drug-likeness (QED) is 0.684. The zero-order chi connectivity index (χ0) is 16.0. The maximum Gasteiger partial charge on any atom is 0.317 e. The van der Waals surface area contributed by atoms with Crippen LogP contribution in [0.5, 0.6) is 0 Å². The van der Waals surface area contributed by atoms with Gasteiger partial charge < -0.3 is 15.5 Å². The largest absolute Gasteiger partial charge is 0.480 e. The van der Waals surface area contributed by atoms with Crippen LogP contribution in [0.3, 0.4) is 0 Å². The molecule has 114 valence electrons. The molecule has 3 N–H and O–H groups in total. The summed E-state index contributed by atoms with van der Waals surface area (Å²) < 4.78 is 0. The van der Waals surface area contributed by atoms with Gasteiger partial charge in [-0.15, -0.1) is 0 Å². The number of hydrogen-bond donors (Lipinski definition) is 3. The minimum atomic E-state index is -1.18. The molecule has 0 unspecified atom stereocenters. The van der Waals surface area contributed by atoms with Crippen molar-refractivity contribution in [2.75, 3.05) is 25.0 Å². The third-order valence-corrected chi connectivity index (χ3v) is 2.83. The molecule has 0 saturated heterocycles. The molecule has 0 fully saturated rings. The van der Waals surface area contributed by atoms with Gasteiger partial charge in [0.15, 0.2) is 0 Å². The van der Waals surface area contributed by atoms with E-state index in [4.69, 9.17) is 10.2 Å². The molecule has 0 aliphatic carbocycles. The molecule has 7 nitrogen and oxygen atoms in total. The first-order valence-electron chi connectivity index (χ1n) is 6.31. The molecule has 0 spiro atoms. The van der Waals surface area contributed by atoms with Crippen LogP contribution < -0.4 is 5.32 Å². The summed E-state index contributed by atoms with van der Waals surface area (Å²) in [5.74, 6) is -2.82. The van der Waals surface area contributed by atoms with Crippen LogP contribution in [-0.4, -0.2) is 52.6 Å². The number of anilines is 1. The number of aliphatic carboxylic acids is 2. The Hall–Kier alpha value is -2.41. The third-order valence-electron chi connectivity index (χ3n) is 2.83. The van der Waals surface area contributed by atoms with Crippen LogP contribution in [0.4, 0.5) is 5.69 Å². The lowest BCUT2D eigenvalue weighted by molar-refractivity contribution is -0.142. The fraction of sp³-hybridized carbons (Fsp3) is 0.357. The SMILES string of the molecule is Cc1cccc(C)c1NC(=O)CN([14CH2]C(=O)O)[14CH2]C(=O)O. The average molecular weight is 298 g/mol. The van der Waals surface area contributed by atoms with E-state index in [0.29, 0.717) is 5.69 Å². The molecule has 1 aromatic rings. The predicted molar refractivity (Wildman–Crippen MR) is 76.3 cm³/mol. The Bertz CT molecular complexity index is 520. The molecule has 1 amide bonds. The van der Waals surface area contributed by atoms with Crippen LogP contribution in [0.1, 0.15) is 11.1 Å². The van der Waals surface area contributed by atoms with Crippen molar-refractivity contribution in [2.45, 2.75) is 13.8 Å². The lowest BCUT2D eigenvalue weighted by atomic mass is 10.1. The molecule has 0 bridgehead atoms. The van der Waals surface area contributed by atoms with Gasteiger partial charge in [-0.25, -0.2) is 0 Å². The highest BCUT2D eigenvalue weighted by Gasteiger charge is 2.17. The molecule has 0 atom stereocenters. The van der Waals surface area contributed by atoms with Crippen molar-refractivity contribution in [1.29, 1.82) is 0 Å². The summed E-state index contributed by atoms with van der Waals surface area (Å²) in [6.07, 6.45) is 0. The monoisotopic (exact) mass is 298 g/mol. The topological polar surface area (TPSA) is 107 Å². The lowest BCUT2D eigenvalue weighted by Crippen LogP contribution is -2.40. The van der Waals surface area contributed by atoms with E-state index in [1.54, 1.807) is 0 Å². The number of carbonyl (C=O) groups excluding carboxylic acids is 1. The second kappa shape index (κ2) is 7.39. The molecular weight excluding hydrogens is 280 g/mol. The van der Waals surface area contributed by atoms with Crippen LogP contribution in [0.25, 0.3) is 0 Å². The maximum atomic E-state index is 12.0. The van der Waals surface area contributed by atoms with Crippen LogP contribution in [0.2, 0.25) is 0 Å². The fourth-order valence-electron chi connectivity index (χ4n) is 1.94. The van der Waals surface area contributed by atoms with E-state index in [0.717, 1.165) is 16.0 Å². The number of carboxylic acids is 2. The standard InChI is InChI=1S/C14H18N2O5/c1-9-4-3-5-10(2)14(9)15-11(17)6-16(7-12(18)19)8-13(20)21/h3-5H,6-8H2,1-2H3,(H,15,17)(H,18,19)(H,20,21)/i7+2,8+2. The summed E-state index contributed by atoms with van der Waals surface area (Å²) in [5.41, 5.74) is 2.42. The fourth-order valence-corrected chi connectivity index (χ4v) is 1.94. The first kappa shape index (κ1) is 16.6. The van der Waals surface area contributed by atoms with E-state index in [9.17, 15) is 14.4 Å². The third kappa shape index (κ3) is 5.62. The summed E-state index contributed by atoms with van der Waals surface area (Å²) in [5, 5.41) is 20.1. The predicted octanol–water partition coefficient (Wildman–Crippen LogP) is 0.713. The molecule has 7 heteroatoms. The number of carboxylic acid groups (broad SMARTS) is 2. The van der Waals surface area contributed by atoms with Crippen molar-refractivity contribution in [3.63, 3.8) is 0 Å². The Morgan fingerprint density at radius 1 is 1.10 bits per heavy atom. The first-order valence-corrected chi connectivity index (χ1v) is 6.31. The number of aryl methyl sites for hydroxylation is 2. The van der Waals surface area contributed by atoms with Gasteiger partial charge >= 0.3 is 11.9 Å². The van der Waals surface area contributed by atoms with E-state index in [-0.39, 0.29) is 6.54 Å². The molecule has 1 aromatic carbocycles. The highest BCUT2D eigenvalue weighted by Crippen LogP contribution is 2.19. The van der Waals surface area contributed by atoms with Gasteiger partial charge in [0.1, 0.15) is 0 Å². The van der Waals surface area contributed by atoms with Crippen LogP contribution in [0, 0.1) is 13.8 Å². The summed E-state index contributed by atoms with van der Waals surface area (Å²) in [6.45, 7) is 2.37. The van der Waals surface area contributed by atoms with Gasteiger partial charge in [-0.05, 0) is 25.0 Å². The van der Waals surface area contributed by atoms with Crippen LogP contribution in [-0.2, 0) is 14.4 Å². The van der Waals surface area contributed by atoms with Gasteiger partial charge in [0.05, 0.1) is 19.6 Å². The van der Waals surface area contributed by atoms with Gasteiger partial charge in [0, 0.05) is 5.69 Å². The molecule has 0 aliphatic heterocycles. The molecule has 0 radical (unpaired) electrons. The van der Waals surface area contributed by atoms with E-state index in [1.807, 2.05) is 32.0 Å². The van der Waals surface area contributed by atoms with Crippen LogP contribution >= 0.6 is 0 Å². The minimum Gasteiger partial charge on any atom is -0.480 e. The average Bonchev–Trinajstić information content (AvgIpc) is 2.32. The smallest absolute Gasteiger partial charge is 0.317 e. The normalized spacial score (nSPS) is 10.4. The number of amides is 1. The Labute approximate surface area is 122 Å². The number of para-hydroxylation sites is 1. The first-order chi connectivity index (χ1) is 9.79. The maximum absolute atomic E-state index is 12.0. The van der Waals surface area contributed by atoms with Crippen molar-refractivity contribution < 1.29 is 24.6 Å². The Balaban J connectivity index is 2.73. The van der Waals surface area contributed by atoms with E-state index in [1.165, 1.54) is 0 Å². The number of carbonyl (C=O) groups is 3. The van der Waals surface area contributed by atoms with Crippen molar-refractivity contribution in [3.8, 4) is 0 Å². The molecule has 0 heterocycles. The number of hydrogen-bond acceptors (Lipinski definition) is 4. The molecule has 0 saturated carbocycles. The van der Waals surface area contributed by atoms with E-state index < -0.39 is 30.9 Å². The molecule has 0 aliphatic rings. The van der Waals surface area contributed by atoms with E-state index in [2.05, 4.69) is 5.32 Å². The summed E-state index contributed by atoms with van der Waals surface area (Å²) in [6, 6.07) is 5.55. The Morgan fingerprint density at radius 2 is 1.57 bits per heavy atom. The Kier molecular flexibility index (Phi) is 5.86. The lowest BCUT2D eigenvalue weighted by Gasteiger charge is -2.18. The summed E-state index contributed by atoms with van der Waals surface area (Å²) in [7, 11) is 0. The highest BCUT2D eigenvalue weighted by molar-refractivity contribution is 5.94. The van der Waals surface area contributed by atoms with Gasteiger partial charge in [0.25, 0.3) is 0 Å². The Morgan fingerprint density at radius 3 is 2.00 bits per heavy atom. The van der Waals surface area contributed by atoms with Crippen molar-refractivity contribution in [2.24, 2.45) is 0 Å². The summed E-state index contributed by atoms with van der Waals surface area (Å²) in [4.78, 5) is 34.3. The number of nitrogens with zero attached hydrogens (tertiary/aromatic N) is 1. The van der Waals surface area contributed by atoms with Crippen molar-refractivity contribution in [3.05, 3.63) is 29.3 Å². The number of rotatable bonds is 7. The molecule has 0 aromatic heterocycles. The highest BCUT2D eigenvalue weighted by atomic mass is 16.4. The molecular formula is C14H18N2O5. The number of benzene rings is 1. The van der Waals surface area contributed by atoms with Crippen molar-refractivity contribution in [1.82, 2.24) is 4.90 Å². The molecule has 21 heavy (non-hydrogen) atoms. The zero-order valence-electron chi connectivity index (χ0n) is 11.9. The van der Waals surface area contributed by atoms with Gasteiger partial charge in [0.2, 0.25) is 5.91 Å².